The van der Waals surface area contributed by atoms with E-state index < -0.39 is 0 Å². The highest BCUT2D eigenvalue weighted by Crippen LogP contribution is 2.38. The van der Waals surface area contributed by atoms with Gasteiger partial charge >= 0.3 is 7.12 Å². The highest BCUT2D eigenvalue weighted by atomic mass is 16.7. The summed E-state index contributed by atoms with van der Waals surface area (Å²) in [4.78, 5) is 0. The molecule has 1 aliphatic heterocycles. The fraction of sp³-hybridized carbons (Fsp3) is 0.391. The topological polar surface area (TPSA) is 47.9 Å². The first-order valence-electron chi connectivity index (χ1n) is 9.73. The first-order chi connectivity index (χ1) is 13.3. The molecule has 0 unspecified atom stereocenters. The second-order valence-electron chi connectivity index (χ2n) is 8.11. The van der Waals surface area contributed by atoms with Crippen molar-refractivity contribution in [1.82, 2.24) is 0 Å². The molecular formula is C23H29BO4. The molecule has 1 saturated heterocycles. The molecule has 0 aromatic heterocycles. The van der Waals surface area contributed by atoms with Crippen LogP contribution < -0.4 is 4.74 Å². The van der Waals surface area contributed by atoms with E-state index in [4.69, 9.17) is 14.0 Å². The Labute approximate surface area is 168 Å². The number of rotatable bonds is 7. The largest absolute Gasteiger partial charge is 0.489 e. The third-order valence-corrected chi connectivity index (χ3v) is 5.48. The van der Waals surface area contributed by atoms with Gasteiger partial charge in [0.1, 0.15) is 12.4 Å². The zero-order valence-corrected chi connectivity index (χ0v) is 17.1. The average molecular weight is 380 g/mol. The smallest absolute Gasteiger partial charge is 0.461 e. The van der Waals surface area contributed by atoms with Crippen molar-refractivity contribution >= 4 is 12.7 Å². The van der Waals surface area contributed by atoms with Crippen LogP contribution in [0.2, 0.25) is 6.32 Å². The van der Waals surface area contributed by atoms with Crippen LogP contribution in [0.3, 0.4) is 0 Å². The number of hydrogen-bond acceptors (Lipinski definition) is 4. The Morgan fingerprint density at radius 1 is 1.00 bits per heavy atom. The normalized spacial score (nSPS) is 18.3. The second kappa shape index (κ2) is 8.52. The molecule has 4 nitrogen and oxygen atoms in total. The molecule has 1 aliphatic rings. The Morgan fingerprint density at radius 2 is 1.68 bits per heavy atom. The third kappa shape index (κ3) is 4.85. The minimum absolute atomic E-state index is 0.0539. The fourth-order valence-corrected chi connectivity index (χ4v) is 3.10. The van der Waals surface area contributed by atoms with E-state index in [-0.39, 0.29) is 24.9 Å². The Balaban J connectivity index is 1.66. The van der Waals surface area contributed by atoms with Gasteiger partial charge in [-0.05, 0) is 56.5 Å². The summed E-state index contributed by atoms with van der Waals surface area (Å²) in [6, 6.07) is 17.8. The van der Waals surface area contributed by atoms with E-state index in [1.54, 1.807) is 0 Å². The van der Waals surface area contributed by atoms with Gasteiger partial charge in [0.05, 0.1) is 17.8 Å². The zero-order valence-electron chi connectivity index (χ0n) is 17.1. The molecule has 28 heavy (non-hydrogen) atoms. The van der Waals surface area contributed by atoms with Crippen LogP contribution in [0.4, 0.5) is 0 Å². The van der Waals surface area contributed by atoms with E-state index >= 15 is 0 Å². The predicted octanol–water partition coefficient (Wildman–Crippen LogP) is 4.73. The lowest BCUT2D eigenvalue weighted by molar-refractivity contribution is 0.00578. The molecule has 0 amide bonds. The van der Waals surface area contributed by atoms with E-state index in [0.29, 0.717) is 12.9 Å². The van der Waals surface area contributed by atoms with Gasteiger partial charge < -0.3 is 19.2 Å². The molecule has 2 aromatic rings. The van der Waals surface area contributed by atoms with Gasteiger partial charge in [-0.25, -0.2) is 0 Å². The van der Waals surface area contributed by atoms with Gasteiger partial charge in [0.25, 0.3) is 0 Å². The van der Waals surface area contributed by atoms with Crippen molar-refractivity contribution in [2.24, 2.45) is 0 Å². The van der Waals surface area contributed by atoms with Crippen molar-refractivity contribution in [2.45, 2.75) is 51.8 Å². The lowest BCUT2D eigenvalue weighted by Crippen LogP contribution is -2.41. The highest BCUT2D eigenvalue weighted by Gasteiger charge is 2.50. The van der Waals surface area contributed by atoms with Gasteiger partial charge in [-0.2, -0.15) is 0 Å². The van der Waals surface area contributed by atoms with Crippen LogP contribution in [-0.4, -0.2) is 30.0 Å². The van der Waals surface area contributed by atoms with Gasteiger partial charge in [0.2, 0.25) is 0 Å². The van der Waals surface area contributed by atoms with Gasteiger partial charge in [0, 0.05) is 6.32 Å². The van der Waals surface area contributed by atoms with Crippen LogP contribution in [0, 0.1) is 0 Å². The van der Waals surface area contributed by atoms with Crippen molar-refractivity contribution in [3.05, 3.63) is 71.8 Å². The first-order valence-corrected chi connectivity index (χ1v) is 9.73. The summed E-state index contributed by atoms with van der Waals surface area (Å²) in [6.07, 6.45) is 2.57. The van der Waals surface area contributed by atoms with Crippen LogP contribution in [0.25, 0.3) is 5.57 Å². The number of hydrogen-bond donors (Lipinski definition) is 1. The molecule has 0 radical (unpaired) electrons. The van der Waals surface area contributed by atoms with E-state index in [1.165, 1.54) is 0 Å². The monoisotopic (exact) mass is 380 g/mol. The van der Waals surface area contributed by atoms with Crippen LogP contribution in [0.15, 0.2) is 60.7 Å². The minimum atomic E-state index is -0.351. The lowest BCUT2D eigenvalue weighted by Gasteiger charge is -2.32. The standard InChI is InChI=1S/C23H29BO4/c1-22(2)23(3,4)28-24(27-22)14-13-20(16-25)19-11-8-12-21(15-19)26-17-18-9-6-5-7-10-18/h5-13,15,25H,14,16-17H2,1-4H3/b20-13-. The van der Waals surface area contributed by atoms with Crippen molar-refractivity contribution in [3.8, 4) is 5.75 Å². The molecule has 0 spiro atoms. The lowest BCUT2D eigenvalue weighted by atomic mass is 9.83. The van der Waals surface area contributed by atoms with E-state index in [9.17, 15) is 5.11 Å². The Hall–Kier alpha value is -2.08. The molecule has 0 aliphatic carbocycles. The molecule has 2 aromatic carbocycles. The predicted molar refractivity (Wildman–Crippen MR) is 113 cm³/mol. The van der Waals surface area contributed by atoms with Crippen molar-refractivity contribution < 1.29 is 19.2 Å². The molecule has 1 heterocycles. The van der Waals surface area contributed by atoms with Crippen LogP contribution in [0.5, 0.6) is 5.75 Å². The molecule has 1 N–H and O–H groups in total. The summed E-state index contributed by atoms with van der Waals surface area (Å²) in [5.74, 6) is 0.774. The number of benzene rings is 2. The molecule has 3 rings (SSSR count). The number of ether oxygens (including phenoxy) is 1. The Kier molecular flexibility index (Phi) is 6.28. The Bertz CT molecular complexity index is 798. The fourth-order valence-electron chi connectivity index (χ4n) is 3.10. The molecule has 5 heteroatoms. The van der Waals surface area contributed by atoms with E-state index in [2.05, 4.69) is 0 Å². The molecular weight excluding hydrogens is 351 g/mol. The van der Waals surface area contributed by atoms with Crippen LogP contribution in [0.1, 0.15) is 38.8 Å². The Morgan fingerprint density at radius 3 is 2.32 bits per heavy atom. The maximum absolute atomic E-state index is 9.87. The number of aliphatic hydroxyl groups excluding tert-OH is 1. The first kappa shape index (κ1) is 20.7. The van der Waals surface area contributed by atoms with Crippen molar-refractivity contribution in [2.75, 3.05) is 6.61 Å². The van der Waals surface area contributed by atoms with Gasteiger partial charge in [0.15, 0.2) is 0 Å². The minimum Gasteiger partial charge on any atom is -0.489 e. The van der Waals surface area contributed by atoms with Crippen molar-refractivity contribution in [1.29, 1.82) is 0 Å². The number of allylic oxidation sites excluding steroid dienone is 1. The third-order valence-electron chi connectivity index (χ3n) is 5.48. The van der Waals surface area contributed by atoms with Crippen molar-refractivity contribution in [3.63, 3.8) is 0 Å². The molecule has 0 bridgehead atoms. The average Bonchev–Trinajstić information content (AvgIpc) is 2.88. The molecule has 0 atom stereocenters. The summed E-state index contributed by atoms with van der Waals surface area (Å²) in [6.45, 7) is 8.61. The molecule has 1 fully saturated rings. The SMILES string of the molecule is CC1(C)OB(C/C=C(/CO)c2cccc(OCc3ccccc3)c2)OC1(C)C. The molecule has 0 saturated carbocycles. The van der Waals surface area contributed by atoms with Crippen LogP contribution in [-0.2, 0) is 15.9 Å². The summed E-state index contributed by atoms with van der Waals surface area (Å²) < 4.78 is 18.0. The summed E-state index contributed by atoms with van der Waals surface area (Å²) in [5, 5.41) is 9.87. The summed E-state index contributed by atoms with van der Waals surface area (Å²) in [5.41, 5.74) is 2.18. The van der Waals surface area contributed by atoms with Gasteiger partial charge in [-0.3, -0.25) is 0 Å². The molecule has 148 valence electrons. The van der Waals surface area contributed by atoms with Crippen LogP contribution >= 0.6 is 0 Å². The van der Waals surface area contributed by atoms with E-state index in [0.717, 1.165) is 22.4 Å². The highest BCUT2D eigenvalue weighted by molar-refractivity contribution is 6.46. The number of aliphatic hydroxyl groups is 1. The summed E-state index contributed by atoms with van der Waals surface area (Å²) >= 11 is 0. The maximum atomic E-state index is 9.87. The van der Waals surface area contributed by atoms with E-state index in [1.807, 2.05) is 88.4 Å². The summed E-state index contributed by atoms with van der Waals surface area (Å²) in [7, 11) is -0.316. The van der Waals surface area contributed by atoms with Gasteiger partial charge in [-0.15, -0.1) is 0 Å². The zero-order chi connectivity index (χ0) is 20.2. The second-order valence-corrected chi connectivity index (χ2v) is 8.11. The maximum Gasteiger partial charge on any atom is 0.461 e. The quantitative estimate of drug-likeness (QED) is 0.706. The van der Waals surface area contributed by atoms with Gasteiger partial charge in [-0.1, -0.05) is 48.5 Å².